The van der Waals surface area contributed by atoms with Gasteiger partial charge in [0.25, 0.3) is 5.91 Å². The predicted octanol–water partition coefficient (Wildman–Crippen LogP) is 2.54. The van der Waals surface area contributed by atoms with Gasteiger partial charge in [-0.05, 0) is 24.3 Å². The Bertz CT molecular complexity index is 759. The average Bonchev–Trinajstić information content (AvgIpc) is 2.97. The summed E-state index contributed by atoms with van der Waals surface area (Å²) >= 11 is 0. The highest BCUT2D eigenvalue weighted by atomic mass is 16.4. The molecule has 1 aromatic carbocycles. The molecule has 20 heavy (non-hydrogen) atoms. The van der Waals surface area contributed by atoms with E-state index in [0.717, 1.165) is 10.9 Å². The van der Waals surface area contributed by atoms with Crippen LogP contribution in [0.25, 0.3) is 10.9 Å². The number of anilines is 1. The lowest BCUT2D eigenvalue weighted by atomic mass is 10.2. The van der Waals surface area contributed by atoms with E-state index in [-0.39, 0.29) is 18.2 Å². The molecule has 2 heterocycles. The van der Waals surface area contributed by atoms with Gasteiger partial charge in [-0.15, -0.1) is 0 Å². The van der Waals surface area contributed by atoms with Crippen LogP contribution >= 0.6 is 0 Å². The number of nitrogens with one attached hydrogen (secondary N) is 1. The second kappa shape index (κ2) is 5.14. The minimum Gasteiger partial charge on any atom is -0.455 e. The van der Waals surface area contributed by atoms with E-state index in [9.17, 15) is 4.79 Å². The van der Waals surface area contributed by atoms with Crippen molar-refractivity contribution in [2.75, 3.05) is 5.32 Å². The highest BCUT2D eigenvalue weighted by Gasteiger charge is 2.12. The molecule has 0 radical (unpaired) electrons. The third-order valence-corrected chi connectivity index (χ3v) is 2.97. The zero-order chi connectivity index (χ0) is 13.9. The maximum Gasteiger partial charge on any atom is 0.291 e. The van der Waals surface area contributed by atoms with Crippen LogP contribution in [0.1, 0.15) is 16.3 Å². The van der Waals surface area contributed by atoms with Gasteiger partial charge in [0.05, 0.1) is 17.7 Å². The van der Waals surface area contributed by atoms with E-state index in [1.165, 1.54) is 0 Å². The van der Waals surface area contributed by atoms with E-state index in [1.807, 2.05) is 24.3 Å². The molecule has 0 aliphatic carbocycles. The number of fused-ring (bicyclic) bond motifs is 1. The van der Waals surface area contributed by atoms with E-state index in [0.29, 0.717) is 11.4 Å². The largest absolute Gasteiger partial charge is 0.455 e. The first-order valence-corrected chi connectivity index (χ1v) is 6.22. The van der Waals surface area contributed by atoms with Gasteiger partial charge in [0, 0.05) is 11.6 Å². The topological polar surface area (TPSA) is 81.2 Å². The number of carbonyl (C=O) groups excluding carboxylic acids is 1. The summed E-state index contributed by atoms with van der Waals surface area (Å²) in [5, 5.41) is 3.77. The quantitative estimate of drug-likeness (QED) is 0.764. The Morgan fingerprint density at radius 1 is 1.20 bits per heavy atom. The highest BCUT2D eigenvalue weighted by molar-refractivity contribution is 6.06. The summed E-state index contributed by atoms with van der Waals surface area (Å²) in [6, 6.07) is 12.7. The Balaban J connectivity index is 1.91. The van der Waals surface area contributed by atoms with Crippen molar-refractivity contribution in [3.05, 3.63) is 60.2 Å². The Hall–Kier alpha value is -2.66. The van der Waals surface area contributed by atoms with Crippen LogP contribution in [0.15, 0.2) is 53.1 Å². The maximum absolute atomic E-state index is 12.1. The lowest BCUT2D eigenvalue weighted by Crippen LogP contribution is -2.11. The van der Waals surface area contributed by atoms with Crippen LogP contribution in [0.2, 0.25) is 0 Å². The molecule has 1 amide bonds. The smallest absolute Gasteiger partial charge is 0.291 e. The van der Waals surface area contributed by atoms with E-state index >= 15 is 0 Å². The van der Waals surface area contributed by atoms with E-state index < -0.39 is 0 Å². The average molecular weight is 267 g/mol. The minimum atomic E-state index is -0.317. The maximum atomic E-state index is 12.1. The monoisotopic (exact) mass is 267 g/mol. The second-order valence-corrected chi connectivity index (χ2v) is 4.30. The number of para-hydroxylation sites is 1. The van der Waals surface area contributed by atoms with Gasteiger partial charge in [0.15, 0.2) is 5.76 Å². The summed E-state index contributed by atoms with van der Waals surface area (Å²) in [5.41, 5.74) is 6.85. The molecule has 3 N–H and O–H groups in total. The fourth-order valence-corrected chi connectivity index (χ4v) is 2.00. The van der Waals surface area contributed by atoms with E-state index in [4.69, 9.17) is 10.2 Å². The number of nitrogens with two attached hydrogens (primary N) is 1. The molecular formula is C15H13N3O2. The van der Waals surface area contributed by atoms with Crippen molar-refractivity contribution in [3.8, 4) is 0 Å². The third kappa shape index (κ3) is 2.26. The number of nitrogens with zero attached hydrogens (tertiary/aromatic N) is 1. The molecule has 0 saturated carbocycles. The van der Waals surface area contributed by atoms with Crippen molar-refractivity contribution in [2.45, 2.75) is 6.54 Å². The predicted molar refractivity (Wildman–Crippen MR) is 76.3 cm³/mol. The first-order valence-electron chi connectivity index (χ1n) is 6.22. The number of furan rings is 1. The molecule has 3 rings (SSSR count). The molecule has 5 heteroatoms. The molecule has 0 fully saturated rings. The molecule has 3 aromatic rings. The van der Waals surface area contributed by atoms with E-state index in [2.05, 4.69) is 10.3 Å². The summed E-state index contributed by atoms with van der Waals surface area (Å²) in [6.45, 7) is 0.267. The number of hydrogen-bond donors (Lipinski definition) is 2. The van der Waals surface area contributed by atoms with Crippen LogP contribution < -0.4 is 11.1 Å². The number of hydrogen-bond acceptors (Lipinski definition) is 4. The van der Waals surface area contributed by atoms with Gasteiger partial charge in [-0.3, -0.25) is 9.78 Å². The summed E-state index contributed by atoms with van der Waals surface area (Å²) in [7, 11) is 0. The summed E-state index contributed by atoms with van der Waals surface area (Å²) in [6.07, 6.45) is 1.69. The Labute approximate surface area is 115 Å². The zero-order valence-corrected chi connectivity index (χ0v) is 10.7. The number of pyridine rings is 1. The number of amides is 1. The van der Waals surface area contributed by atoms with Gasteiger partial charge in [-0.2, -0.15) is 0 Å². The van der Waals surface area contributed by atoms with Crippen LogP contribution in [0.5, 0.6) is 0 Å². The summed E-state index contributed by atoms with van der Waals surface area (Å²) < 4.78 is 5.32. The Morgan fingerprint density at radius 3 is 2.85 bits per heavy atom. The molecule has 0 aliphatic rings. The normalized spacial score (nSPS) is 10.7. The van der Waals surface area contributed by atoms with Crippen molar-refractivity contribution < 1.29 is 9.21 Å². The highest BCUT2D eigenvalue weighted by Crippen LogP contribution is 2.21. The first-order chi connectivity index (χ1) is 9.78. The molecule has 0 saturated heterocycles. The van der Waals surface area contributed by atoms with Gasteiger partial charge >= 0.3 is 0 Å². The van der Waals surface area contributed by atoms with Crippen molar-refractivity contribution in [1.82, 2.24) is 4.98 Å². The van der Waals surface area contributed by atoms with Gasteiger partial charge in [0.1, 0.15) is 5.76 Å². The van der Waals surface area contributed by atoms with Crippen LogP contribution in [-0.4, -0.2) is 10.9 Å². The van der Waals surface area contributed by atoms with Gasteiger partial charge in [0.2, 0.25) is 0 Å². The van der Waals surface area contributed by atoms with Crippen molar-refractivity contribution in [2.24, 2.45) is 5.73 Å². The van der Waals surface area contributed by atoms with Crippen LogP contribution in [-0.2, 0) is 6.54 Å². The van der Waals surface area contributed by atoms with Crippen LogP contribution in [0.4, 0.5) is 5.69 Å². The molecule has 5 nitrogen and oxygen atoms in total. The fourth-order valence-electron chi connectivity index (χ4n) is 2.00. The molecule has 0 atom stereocenters. The summed E-state index contributed by atoms with van der Waals surface area (Å²) in [5.74, 6) is 0.493. The Morgan fingerprint density at radius 2 is 2.05 bits per heavy atom. The first kappa shape index (κ1) is 12.4. The zero-order valence-electron chi connectivity index (χ0n) is 10.7. The van der Waals surface area contributed by atoms with Crippen molar-refractivity contribution >= 4 is 22.5 Å². The number of rotatable bonds is 3. The standard InChI is InChI=1S/C15H13N3O2/c16-9-11-6-7-13(20-11)15(19)18-12-5-1-3-10-4-2-8-17-14(10)12/h1-8H,9,16H2,(H,18,19). The fraction of sp³-hybridized carbons (Fsp3) is 0.0667. The number of carbonyl (C=O) groups is 1. The molecule has 0 bridgehead atoms. The van der Waals surface area contributed by atoms with Gasteiger partial charge in [-0.1, -0.05) is 18.2 Å². The number of benzene rings is 1. The van der Waals surface area contributed by atoms with Crippen LogP contribution in [0, 0.1) is 0 Å². The molecule has 2 aromatic heterocycles. The molecule has 0 aliphatic heterocycles. The third-order valence-electron chi connectivity index (χ3n) is 2.97. The Kier molecular flexibility index (Phi) is 3.18. The van der Waals surface area contributed by atoms with Gasteiger partial charge in [-0.25, -0.2) is 0 Å². The summed E-state index contributed by atoms with van der Waals surface area (Å²) in [4.78, 5) is 16.4. The minimum absolute atomic E-state index is 0.235. The molecule has 100 valence electrons. The molecule has 0 unspecified atom stereocenters. The van der Waals surface area contributed by atoms with Crippen LogP contribution in [0.3, 0.4) is 0 Å². The van der Waals surface area contributed by atoms with Crippen molar-refractivity contribution in [1.29, 1.82) is 0 Å². The SMILES string of the molecule is NCc1ccc(C(=O)Nc2cccc3cccnc23)o1. The molecule has 0 spiro atoms. The van der Waals surface area contributed by atoms with E-state index in [1.54, 1.807) is 24.4 Å². The number of aromatic nitrogens is 1. The van der Waals surface area contributed by atoms with Crippen molar-refractivity contribution in [3.63, 3.8) is 0 Å². The molecular weight excluding hydrogens is 254 g/mol. The lowest BCUT2D eigenvalue weighted by Gasteiger charge is -2.06. The lowest BCUT2D eigenvalue weighted by molar-refractivity contribution is 0.0995. The van der Waals surface area contributed by atoms with Gasteiger partial charge < -0.3 is 15.5 Å². The second-order valence-electron chi connectivity index (χ2n) is 4.30.